The smallest absolute Gasteiger partial charge is 0.283 e. The number of thioether (sulfide) groups is 1. The predicted octanol–water partition coefficient (Wildman–Crippen LogP) is 4.89. The highest BCUT2D eigenvalue weighted by Gasteiger charge is 2.31. The third-order valence-corrected chi connectivity index (χ3v) is 4.67. The summed E-state index contributed by atoms with van der Waals surface area (Å²) in [5, 5.41) is 0.581. The molecule has 3 rings (SSSR count). The fourth-order valence-electron chi connectivity index (χ4n) is 2.53. The Bertz CT molecular complexity index is 889. The highest BCUT2D eigenvalue weighted by Crippen LogP contribution is 2.30. The number of anilines is 1. The van der Waals surface area contributed by atoms with E-state index in [0.29, 0.717) is 34.5 Å². The number of halogens is 1. The number of nitrogens with zero attached hydrogens (tertiary/aromatic N) is 2. The van der Waals surface area contributed by atoms with Gasteiger partial charge in [0.2, 0.25) is 0 Å². The third kappa shape index (κ3) is 4.46. The van der Waals surface area contributed by atoms with E-state index in [-0.39, 0.29) is 11.7 Å². The van der Waals surface area contributed by atoms with Crippen molar-refractivity contribution in [3.05, 3.63) is 78.3 Å². The Morgan fingerprint density at radius 1 is 1.19 bits per heavy atom. The lowest BCUT2D eigenvalue weighted by molar-refractivity contribution is -0.113. The van der Waals surface area contributed by atoms with Crippen LogP contribution in [0.2, 0.25) is 0 Å². The van der Waals surface area contributed by atoms with Crippen molar-refractivity contribution in [3.63, 3.8) is 0 Å². The Morgan fingerprint density at radius 2 is 1.89 bits per heavy atom. The highest BCUT2D eigenvalue weighted by molar-refractivity contribution is 8.14. The molecule has 6 heteroatoms. The number of aliphatic imine (C=N–C) groups is 1. The number of amides is 1. The predicted molar refractivity (Wildman–Crippen MR) is 110 cm³/mol. The molecule has 138 valence electrons. The molecule has 1 amide bonds. The third-order valence-electron chi connectivity index (χ3n) is 3.74. The number of ether oxygens (including phenoxy) is 1. The molecular weight excluding hydrogens is 363 g/mol. The van der Waals surface area contributed by atoms with Crippen molar-refractivity contribution in [1.29, 1.82) is 0 Å². The van der Waals surface area contributed by atoms with Crippen LogP contribution in [0.4, 0.5) is 10.1 Å². The second-order valence-corrected chi connectivity index (χ2v) is 6.63. The van der Waals surface area contributed by atoms with Crippen LogP contribution < -0.4 is 9.64 Å². The summed E-state index contributed by atoms with van der Waals surface area (Å²) in [5.74, 6) is 0.822. The maximum absolute atomic E-state index is 13.1. The van der Waals surface area contributed by atoms with E-state index in [1.165, 1.54) is 23.9 Å². The van der Waals surface area contributed by atoms with Crippen molar-refractivity contribution < 1.29 is 13.9 Å². The number of benzene rings is 2. The lowest BCUT2D eigenvalue weighted by atomic mass is 10.2. The fraction of sp³-hybridized carbons (Fsp3) is 0.143. The van der Waals surface area contributed by atoms with E-state index in [9.17, 15) is 9.18 Å². The van der Waals surface area contributed by atoms with Gasteiger partial charge in [0.25, 0.3) is 5.91 Å². The molecule has 0 aromatic heterocycles. The summed E-state index contributed by atoms with van der Waals surface area (Å²) in [7, 11) is 0. The average Bonchev–Trinajstić information content (AvgIpc) is 2.98. The van der Waals surface area contributed by atoms with Crippen LogP contribution in [0.5, 0.6) is 5.75 Å². The van der Waals surface area contributed by atoms with Gasteiger partial charge in [-0.2, -0.15) is 0 Å². The van der Waals surface area contributed by atoms with Crippen LogP contribution >= 0.6 is 11.8 Å². The summed E-state index contributed by atoms with van der Waals surface area (Å²) < 4.78 is 18.6. The van der Waals surface area contributed by atoms with Crippen LogP contribution in [-0.4, -0.2) is 23.4 Å². The normalized spacial score (nSPS) is 15.2. The molecule has 4 nitrogen and oxygen atoms in total. The van der Waals surface area contributed by atoms with Gasteiger partial charge in [0.15, 0.2) is 5.17 Å². The number of rotatable bonds is 6. The second kappa shape index (κ2) is 8.68. The molecule has 0 saturated heterocycles. The average molecular weight is 382 g/mol. The summed E-state index contributed by atoms with van der Waals surface area (Å²) in [5.41, 5.74) is 1.73. The van der Waals surface area contributed by atoms with Gasteiger partial charge >= 0.3 is 0 Å². The summed E-state index contributed by atoms with van der Waals surface area (Å²) in [6, 6.07) is 13.2. The minimum absolute atomic E-state index is 0.227. The molecule has 0 saturated carbocycles. The molecule has 1 aliphatic heterocycles. The zero-order chi connectivity index (χ0) is 19.2. The minimum Gasteiger partial charge on any atom is -0.494 e. The molecule has 0 N–H and O–H groups in total. The van der Waals surface area contributed by atoms with Crippen LogP contribution in [-0.2, 0) is 4.79 Å². The molecule has 0 bridgehead atoms. The maximum Gasteiger partial charge on any atom is 0.283 e. The van der Waals surface area contributed by atoms with Gasteiger partial charge in [-0.15, -0.1) is 6.58 Å². The Kier molecular flexibility index (Phi) is 6.08. The first-order chi connectivity index (χ1) is 13.1. The Morgan fingerprint density at radius 3 is 2.52 bits per heavy atom. The molecular formula is C21H19FN2O2S. The Labute approximate surface area is 162 Å². The van der Waals surface area contributed by atoms with Gasteiger partial charge in [0, 0.05) is 5.75 Å². The van der Waals surface area contributed by atoms with Crippen LogP contribution in [0.3, 0.4) is 0 Å². The number of hydrogen-bond donors (Lipinski definition) is 0. The molecule has 0 spiro atoms. The lowest BCUT2D eigenvalue weighted by Gasteiger charge is -2.17. The largest absolute Gasteiger partial charge is 0.494 e. The fourth-order valence-corrected chi connectivity index (χ4v) is 3.28. The monoisotopic (exact) mass is 382 g/mol. The number of carbonyl (C=O) groups excluding carboxylic acids is 1. The number of amidine groups is 1. The van der Waals surface area contributed by atoms with E-state index in [4.69, 9.17) is 4.74 Å². The van der Waals surface area contributed by atoms with E-state index < -0.39 is 0 Å². The molecule has 2 aromatic rings. The van der Waals surface area contributed by atoms with E-state index in [0.717, 1.165) is 5.75 Å². The van der Waals surface area contributed by atoms with Crippen molar-refractivity contribution in [1.82, 2.24) is 0 Å². The molecule has 2 aromatic carbocycles. The van der Waals surface area contributed by atoms with Crippen molar-refractivity contribution in [2.75, 3.05) is 17.3 Å². The van der Waals surface area contributed by atoms with Gasteiger partial charge in [0.1, 0.15) is 17.3 Å². The quantitative estimate of drug-likeness (QED) is 0.528. The van der Waals surface area contributed by atoms with Crippen molar-refractivity contribution >= 4 is 34.6 Å². The standard InChI is InChI=1S/C21H19FN2O2S/c1-3-13-27-21-23-19(14-15-5-7-16(22)8-6-15)20(25)24(21)17-9-11-18(12-10-17)26-4-2/h3,5-12,14H,1,4,13H2,2H3. The highest BCUT2D eigenvalue weighted by atomic mass is 32.2. The van der Waals surface area contributed by atoms with Gasteiger partial charge in [-0.1, -0.05) is 30.0 Å². The SMILES string of the molecule is C=CCSC1=NC(=Cc2ccc(F)cc2)C(=O)N1c1ccc(OCC)cc1. The van der Waals surface area contributed by atoms with Gasteiger partial charge < -0.3 is 4.74 Å². The molecule has 0 atom stereocenters. The number of carbonyl (C=O) groups is 1. The summed E-state index contributed by atoms with van der Waals surface area (Å²) >= 11 is 1.43. The first-order valence-electron chi connectivity index (χ1n) is 8.49. The van der Waals surface area contributed by atoms with Crippen LogP contribution in [0, 0.1) is 5.82 Å². The molecule has 27 heavy (non-hydrogen) atoms. The topological polar surface area (TPSA) is 41.9 Å². The van der Waals surface area contributed by atoms with Gasteiger partial charge in [-0.25, -0.2) is 9.38 Å². The molecule has 0 fully saturated rings. The molecule has 0 radical (unpaired) electrons. The molecule has 0 aliphatic carbocycles. The number of hydrogen-bond acceptors (Lipinski definition) is 4. The van der Waals surface area contributed by atoms with Gasteiger partial charge in [0.05, 0.1) is 12.3 Å². The lowest BCUT2D eigenvalue weighted by Crippen LogP contribution is -2.30. The second-order valence-electron chi connectivity index (χ2n) is 5.64. The first-order valence-corrected chi connectivity index (χ1v) is 9.48. The maximum atomic E-state index is 13.1. The zero-order valence-electron chi connectivity index (χ0n) is 14.9. The van der Waals surface area contributed by atoms with Crippen LogP contribution in [0.25, 0.3) is 6.08 Å². The summed E-state index contributed by atoms with van der Waals surface area (Å²) in [6.45, 7) is 6.22. The van der Waals surface area contributed by atoms with E-state index in [2.05, 4.69) is 11.6 Å². The van der Waals surface area contributed by atoms with Crippen LogP contribution in [0.15, 0.2) is 71.9 Å². The van der Waals surface area contributed by atoms with Crippen molar-refractivity contribution in [3.8, 4) is 5.75 Å². The minimum atomic E-state index is -0.323. The Hall–Kier alpha value is -2.86. The summed E-state index contributed by atoms with van der Waals surface area (Å²) in [4.78, 5) is 19.0. The molecule has 1 aliphatic rings. The molecule has 0 unspecified atom stereocenters. The van der Waals surface area contributed by atoms with Crippen LogP contribution in [0.1, 0.15) is 12.5 Å². The van der Waals surface area contributed by atoms with E-state index >= 15 is 0 Å². The summed E-state index contributed by atoms with van der Waals surface area (Å²) in [6.07, 6.45) is 3.42. The zero-order valence-corrected chi connectivity index (χ0v) is 15.7. The van der Waals surface area contributed by atoms with E-state index in [1.54, 1.807) is 29.2 Å². The van der Waals surface area contributed by atoms with Crippen molar-refractivity contribution in [2.45, 2.75) is 6.92 Å². The Balaban J connectivity index is 1.92. The van der Waals surface area contributed by atoms with E-state index in [1.807, 2.05) is 31.2 Å². The van der Waals surface area contributed by atoms with Gasteiger partial charge in [-0.05, 0) is 55.0 Å². The molecule has 1 heterocycles. The van der Waals surface area contributed by atoms with Gasteiger partial charge in [-0.3, -0.25) is 9.69 Å². The van der Waals surface area contributed by atoms with Crippen molar-refractivity contribution in [2.24, 2.45) is 4.99 Å². The first kappa shape index (κ1) is 18.9.